The lowest BCUT2D eigenvalue weighted by Gasteiger charge is -2.25. The Hall–Kier alpha value is -4.33. The molecule has 2 aromatic carbocycles. The molecule has 2 unspecified atom stereocenters. The van der Waals surface area contributed by atoms with Crippen molar-refractivity contribution in [3.63, 3.8) is 0 Å². The Balaban J connectivity index is 1.65. The van der Waals surface area contributed by atoms with Gasteiger partial charge < -0.3 is 24.6 Å². The molecule has 1 saturated heterocycles. The zero-order valence-corrected chi connectivity index (χ0v) is 19.3. The Labute approximate surface area is 202 Å². The van der Waals surface area contributed by atoms with Gasteiger partial charge in [-0.05, 0) is 60.0 Å². The molecular weight excluding hydrogens is 448 g/mol. The van der Waals surface area contributed by atoms with Crippen molar-refractivity contribution < 1.29 is 29.3 Å². The monoisotopic (exact) mass is 472 g/mol. The minimum absolute atomic E-state index is 0.0249. The molecule has 0 saturated carbocycles. The van der Waals surface area contributed by atoms with Crippen LogP contribution in [0.15, 0.2) is 66.5 Å². The fourth-order valence-corrected chi connectivity index (χ4v) is 4.67. The molecule has 0 bridgehead atoms. The first-order valence-corrected chi connectivity index (χ1v) is 11.2. The van der Waals surface area contributed by atoms with Gasteiger partial charge in [0.2, 0.25) is 0 Å². The number of aromatic hydroxyl groups is 1. The van der Waals surface area contributed by atoms with Gasteiger partial charge in [0.25, 0.3) is 11.7 Å². The highest BCUT2D eigenvalue weighted by molar-refractivity contribution is 6.46. The number of phenols is 1. The Morgan fingerprint density at radius 3 is 2.77 bits per heavy atom. The Bertz CT molecular complexity index is 1350. The number of hydrogen-bond donors (Lipinski definition) is 2. The summed E-state index contributed by atoms with van der Waals surface area (Å²) in [6.07, 6.45) is 3.95. The summed E-state index contributed by atoms with van der Waals surface area (Å²) in [4.78, 5) is 32.0. The number of methoxy groups -OCH3 is 1. The summed E-state index contributed by atoms with van der Waals surface area (Å²) in [5.41, 5.74) is 2.57. The van der Waals surface area contributed by atoms with E-state index in [0.717, 1.165) is 16.9 Å². The van der Waals surface area contributed by atoms with Crippen LogP contribution in [0.1, 0.15) is 35.2 Å². The van der Waals surface area contributed by atoms with E-state index in [-0.39, 0.29) is 35.5 Å². The summed E-state index contributed by atoms with van der Waals surface area (Å²) >= 11 is 0. The van der Waals surface area contributed by atoms with Crippen LogP contribution in [0.5, 0.6) is 17.2 Å². The third-order valence-corrected chi connectivity index (χ3v) is 6.30. The fourth-order valence-electron chi connectivity index (χ4n) is 4.67. The fraction of sp³-hybridized carbons (Fsp3) is 0.222. The molecule has 2 aliphatic rings. The molecule has 0 spiro atoms. The van der Waals surface area contributed by atoms with E-state index in [1.807, 2.05) is 13.0 Å². The Kier molecular flexibility index (Phi) is 5.64. The first kappa shape index (κ1) is 22.5. The van der Waals surface area contributed by atoms with Crippen molar-refractivity contribution in [2.75, 3.05) is 7.11 Å². The lowest BCUT2D eigenvalue weighted by Crippen LogP contribution is -2.29. The largest absolute Gasteiger partial charge is 0.507 e. The average Bonchev–Trinajstić information content (AvgIpc) is 3.35. The maximum absolute atomic E-state index is 13.3. The number of aliphatic hydroxyl groups excluding tert-OH is 1. The van der Waals surface area contributed by atoms with E-state index in [1.165, 1.54) is 18.1 Å². The number of pyridine rings is 1. The third kappa shape index (κ3) is 3.97. The summed E-state index contributed by atoms with van der Waals surface area (Å²) in [7, 11) is 1.42. The van der Waals surface area contributed by atoms with Crippen molar-refractivity contribution in [3.8, 4) is 17.2 Å². The number of carbonyl (C=O) groups is 2. The van der Waals surface area contributed by atoms with Crippen LogP contribution in [0.2, 0.25) is 0 Å². The molecule has 35 heavy (non-hydrogen) atoms. The molecule has 8 nitrogen and oxygen atoms in total. The van der Waals surface area contributed by atoms with Crippen LogP contribution in [0.25, 0.3) is 5.76 Å². The number of aliphatic hydroxyl groups is 1. The van der Waals surface area contributed by atoms with Gasteiger partial charge in [0.05, 0.1) is 18.7 Å². The summed E-state index contributed by atoms with van der Waals surface area (Å²) in [5, 5.41) is 21.4. The second kappa shape index (κ2) is 8.79. The van der Waals surface area contributed by atoms with E-state index >= 15 is 0 Å². The third-order valence-electron chi connectivity index (χ3n) is 6.30. The standard InChI is InChI=1S/C27H24N2O6/c1-15-10-19-11-18(6-8-21(19)35-15)25(31)23-24(17-5-7-20(30)22(12-17)34-2)29(27(33)26(23)32)14-16-4-3-9-28-13-16/h3-9,11-13,15,24,30-31H,10,14H2,1-2H3/b25-23+. The van der Waals surface area contributed by atoms with E-state index in [2.05, 4.69) is 4.98 Å². The molecule has 1 aromatic heterocycles. The molecule has 0 radical (unpaired) electrons. The van der Waals surface area contributed by atoms with Crippen LogP contribution in [-0.2, 0) is 22.6 Å². The van der Waals surface area contributed by atoms with Crippen molar-refractivity contribution in [2.24, 2.45) is 0 Å². The highest BCUT2D eigenvalue weighted by atomic mass is 16.5. The Morgan fingerprint density at radius 2 is 2.03 bits per heavy atom. The number of ketones is 1. The van der Waals surface area contributed by atoms with Crippen molar-refractivity contribution >= 4 is 17.4 Å². The van der Waals surface area contributed by atoms with Crippen LogP contribution < -0.4 is 9.47 Å². The van der Waals surface area contributed by atoms with Gasteiger partial charge in [0.1, 0.15) is 17.6 Å². The quantitative estimate of drug-likeness (QED) is 0.331. The van der Waals surface area contributed by atoms with Gasteiger partial charge in [-0.15, -0.1) is 0 Å². The highest BCUT2D eigenvalue weighted by Gasteiger charge is 2.46. The summed E-state index contributed by atoms with van der Waals surface area (Å²) < 4.78 is 11.0. The summed E-state index contributed by atoms with van der Waals surface area (Å²) in [5.74, 6) is -0.923. The van der Waals surface area contributed by atoms with Gasteiger partial charge >= 0.3 is 0 Å². The van der Waals surface area contributed by atoms with Gasteiger partial charge in [-0.25, -0.2) is 0 Å². The second-order valence-corrected chi connectivity index (χ2v) is 8.67. The van der Waals surface area contributed by atoms with Crippen LogP contribution in [0.4, 0.5) is 0 Å². The first-order valence-electron chi connectivity index (χ1n) is 11.2. The van der Waals surface area contributed by atoms with Crippen molar-refractivity contribution in [3.05, 3.63) is 88.8 Å². The van der Waals surface area contributed by atoms with Crippen molar-refractivity contribution in [1.29, 1.82) is 0 Å². The molecule has 1 fully saturated rings. The zero-order valence-electron chi connectivity index (χ0n) is 19.3. The molecule has 2 atom stereocenters. The minimum atomic E-state index is -0.895. The summed E-state index contributed by atoms with van der Waals surface area (Å²) in [6.45, 7) is 2.07. The first-order chi connectivity index (χ1) is 16.9. The lowest BCUT2D eigenvalue weighted by molar-refractivity contribution is -0.140. The number of ether oxygens (including phenoxy) is 2. The molecular formula is C27H24N2O6. The number of likely N-dealkylation sites (tertiary alicyclic amines) is 1. The van der Waals surface area contributed by atoms with Gasteiger partial charge in [-0.3, -0.25) is 14.6 Å². The summed E-state index contributed by atoms with van der Waals surface area (Å²) in [6, 6.07) is 12.5. The average molecular weight is 472 g/mol. The lowest BCUT2D eigenvalue weighted by atomic mass is 9.94. The molecule has 3 aromatic rings. The molecule has 3 heterocycles. The number of aromatic nitrogens is 1. The predicted molar refractivity (Wildman–Crippen MR) is 127 cm³/mol. The number of Topliss-reactive ketones (excluding diaryl/α,β-unsaturated/α-hetero) is 1. The Morgan fingerprint density at radius 1 is 1.20 bits per heavy atom. The van der Waals surface area contributed by atoms with E-state index < -0.39 is 17.7 Å². The number of benzene rings is 2. The molecule has 178 valence electrons. The molecule has 1 amide bonds. The molecule has 5 rings (SSSR count). The topological polar surface area (TPSA) is 109 Å². The van der Waals surface area contributed by atoms with E-state index in [4.69, 9.17) is 9.47 Å². The number of phenolic OH excluding ortho intramolecular Hbond substituents is 1. The number of amides is 1. The number of nitrogens with zero attached hydrogens (tertiary/aromatic N) is 2. The maximum atomic E-state index is 13.3. The SMILES string of the molecule is COc1cc(C2/C(=C(\O)c3ccc4c(c3)CC(C)O4)C(=O)C(=O)N2Cc2cccnc2)ccc1O. The number of carbonyl (C=O) groups excluding carboxylic acids is 2. The number of hydrogen-bond acceptors (Lipinski definition) is 7. The maximum Gasteiger partial charge on any atom is 0.295 e. The molecule has 2 aliphatic heterocycles. The predicted octanol–water partition coefficient (Wildman–Crippen LogP) is 3.74. The normalized spacial score (nSPS) is 20.6. The number of fused-ring (bicyclic) bond motifs is 1. The molecule has 8 heteroatoms. The van der Waals surface area contributed by atoms with Gasteiger partial charge in [0.15, 0.2) is 11.5 Å². The van der Waals surface area contributed by atoms with Crippen molar-refractivity contribution in [2.45, 2.75) is 32.0 Å². The molecule has 2 N–H and O–H groups in total. The van der Waals surface area contributed by atoms with Crippen molar-refractivity contribution in [1.82, 2.24) is 9.88 Å². The van der Waals surface area contributed by atoms with Crippen LogP contribution in [0.3, 0.4) is 0 Å². The second-order valence-electron chi connectivity index (χ2n) is 8.67. The van der Waals surface area contributed by atoms with Crippen LogP contribution in [0, 0.1) is 0 Å². The zero-order chi connectivity index (χ0) is 24.7. The minimum Gasteiger partial charge on any atom is -0.507 e. The highest BCUT2D eigenvalue weighted by Crippen LogP contribution is 2.43. The van der Waals surface area contributed by atoms with Gasteiger partial charge in [-0.2, -0.15) is 0 Å². The van der Waals surface area contributed by atoms with E-state index in [0.29, 0.717) is 17.5 Å². The molecule has 0 aliphatic carbocycles. The van der Waals surface area contributed by atoms with Gasteiger partial charge in [-0.1, -0.05) is 12.1 Å². The number of rotatable bonds is 5. The van der Waals surface area contributed by atoms with Gasteiger partial charge in [0, 0.05) is 30.9 Å². The smallest absolute Gasteiger partial charge is 0.295 e. The van der Waals surface area contributed by atoms with Crippen LogP contribution in [-0.4, -0.2) is 45.0 Å². The van der Waals surface area contributed by atoms with E-state index in [9.17, 15) is 19.8 Å². The van der Waals surface area contributed by atoms with E-state index in [1.54, 1.807) is 48.8 Å². The van der Waals surface area contributed by atoms with Crippen LogP contribution >= 0.6 is 0 Å².